The molecule has 0 saturated carbocycles. The molecule has 5 rings (SSSR count). The molecule has 0 radical (unpaired) electrons. The second kappa shape index (κ2) is 11.2. The number of carbonyl (C=O) groups excluding carboxylic acids is 1. The summed E-state index contributed by atoms with van der Waals surface area (Å²) < 4.78 is 52.5. The molecule has 210 valence electrons. The largest absolute Gasteiger partial charge is 0.507 e. The lowest BCUT2D eigenvalue weighted by molar-refractivity contribution is -0.137. The SMILES string of the molecule is CC1CN(Cc2cc(Cl)cc(C(=O)Nc3nc4c(Oc5ccccc5)cc(C(F)(F)F)cc4s3)c2O)C[C@@H](C)O1. The van der Waals surface area contributed by atoms with Gasteiger partial charge in [-0.15, -0.1) is 0 Å². The van der Waals surface area contributed by atoms with Gasteiger partial charge in [-0.2, -0.15) is 13.2 Å². The third-order valence-electron chi connectivity index (χ3n) is 6.27. The standard InChI is InChI=1S/C28H25ClF3N3O4S/c1-15-12-35(13-16(2)38-15)14-17-8-19(29)11-21(25(17)36)26(37)34-27-33-24-22(39-20-6-4-3-5-7-20)9-18(28(30,31)32)10-23(24)40-27/h3-11,15-16,36H,12-14H2,1-2H3,(H,33,34,37)/t15-,16?/m1/s1. The number of morpholine rings is 1. The van der Waals surface area contributed by atoms with E-state index in [-0.39, 0.29) is 49.6 Å². The average molecular weight is 592 g/mol. The quantitative estimate of drug-likeness (QED) is 0.244. The van der Waals surface area contributed by atoms with Gasteiger partial charge in [0.1, 0.15) is 17.0 Å². The van der Waals surface area contributed by atoms with Crippen molar-refractivity contribution >= 4 is 44.2 Å². The van der Waals surface area contributed by atoms with Crippen LogP contribution in [0.2, 0.25) is 5.02 Å². The van der Waals surface area contributed by atoms with Crippen LogP contribution in [-0.2, 0) is 17.5 Å². The Morgan fingerprint density at radius 1 is 1.18 bits per heavy atom. The first-order valence-corrected chi connectivity index (χ1v) is 13.6. The van der Waals surface area contributed by atoms with Crippen molar-refractivity contribution < 1.29 is 32.5 Å². The molecular formula is C28H25ClF3N3O4S. The van der Waals surface area contributed by atoms with Crippen LogP contribution < -0.4 is 10.1 Å². The fourth-order valence-corrected chi connectivity index (χ4v) is 5.84. The summed E-state index contributed by atoms with van der Waals surface area (Å²) in [6.07, 6.45) is -4.59. The molecule has 1 aliphatic heterocycles. The number of ether oxygens (including phenoxy) is 2. The van der Waals surface area contributed by atoms with Gasteiger partial charge in [0, 0.05) is 30.2 Å². The van der Waals surface area contributed by atoms with Gasteiger partial charge in [-0.1, -0.05) is 41.1 Å². The first-order valence-electron chi connectivity index (χ1n) is 12.4. The second-order valence-electron chi connectivity index (χ2n) is 9.62. The van der Waals surface area contributed by atoms with Crippen LogP contribution in [0.15, 0.2) is 54.6 Å². The van der Waals surface area contributed by atoms with E-state index in [1.807, 2.05) is 13.8 Å². The molecule has 1 amide bonds. The number of para-hydroxylation sites is 1. The average Bonchev–Trinajstić information content (AvgIpc) is 3.28. The molecule has 0 aliphatic carbocycles. The Hall–Kier alpha value is -3.38. The summed E-state index contributed by atoms with van der Waals surface area (Å²) in [5.74, 6) is -0.704. The van der Waals surface area contributed by atoms with E-state index in [0.29, 0.717) is 30.9 Å². The fraction of sp³-hybridized carbons (Fsp3) is 0.286. The van der Waals surface area contributed by atoms with Crippen LogP contribution in [0, 0.1) is 0 Å². The predicted octanol–water partition coefficient (Wildman–Crippen LogP) is 7.33. The maximum Gasteiger partial charge on any atom is 0.416 e. The number of phenolic OH excluding ortho intramolecular Hbond substituents is 1. The summed E-state index contributed by atoms with van der Waals surface area (Å²) in [6.45, 7) is 5.58. The number of thiazole rings is 1. The van der Waals surface area contributed by atoms with Gasteiger partial charge < -0.3 is 14.6 Å². The summed E-state index contributed by atoms with van der Waals surface area (Å²) in [4.78, 5) is 19.6. The molecule has 12 heteroatoms. The number of nitrogens with zero attached hydrogens (tertiary/aromatic N) is 2. The second-order valence-corrected chi connectivity index (χ2v) is 11.1. The fourth-order valence-electron chi connectivity index (χ4n) is 4.68. The Morgan fingerprint density at radius 3 is 2.55 bits per heavy atom. The van der Waals surface area contributed by atoms with E-state index >= 15 is 0 Å². The first kappa shape index (κ1) is 28.2. The number of hydrogen-bond acceptors (Lipinski definition) is 7. The Labute approximate surface area is 237 Å². The number of fused-ring (bicyclic) bond motifs is 1. The molecule has 0 spiro atoms. The minimum Gasteiger partial charge on any atom is -0.507 e. The minimum atomic E-state index is -4.62. The topological polar surface area (TPSA) is 83.9 Å². The molecule has 2 atom stereocenters. The minimum absolute atomic E-state index is 0.0144. The number of halogens is 4. The number of nitrogens with one attached hydrogen (secondary N) is 1. The predicted molar refractivity (Wildman–Crippen MR) is 147 cm³/mol. The van der Waals surface area contributed by atoms with Crippen molar-refractivity contribution in [1.82, 2.24) is 9.88 Å². The van der Waals surface area contributed by atoms with Gasteiger partial charge in [0.05, 0.1) is 28.0 Å². The molecule has 1 saturated heterocycles. The normalized spacial score (nSPS) is 18.1. The molecule has 1 aromatic heterocycles. The highest BCUT2D eigenvalue weighted by molar-refractivity contribution is 7.22. The Balaban J connectivity index is 1.43. The number of benzene rings is 3. The van der Waals surface area contributed by atoms with Gasteiger partial charge in [-0.3, -0.25) is 15.0 Å². The first-order chi connectivity index (χ1) is 19.0. The van der Waals surface area contributed by atoms with E-state index in [2.05, 4.69) is 15.2 Å². The smallest absolute Gasteiger partial charge is 0.416 e. The molecule has 2 N–H and O–H groups in total. The number of amides is 1. The van der Waals surface area contributed by atoms with Crippen LogP contribution in [0.3, 0.4) is 0 Å². The van der Waals surface area contributed by atoms with Gasteiger partial charge in [0.15, 0.2) is 10.9 Å². The Morgan fingerprint density at radius 2 is 1.88 bits per heavy atom. The Kier molecular flexibility index (Phi) is 7.92. The van der Waals surface area contributed by atoms with E-state index in [9.17, 15) is 23.1 Å². The number of carbonyl (C=O) groups is 1. The highest BCUT2D eigenvalue weighted by Gasteiger charge is 2.33. The van der Waals surface area contributed by atoms with Crippen LogP contribution in [0.4, 0.5) is 18.3 Å². The zero-order valence-electron chi connectivity index (χ0n) is 21.5. The molecule has 4 aromatic rings. The van der Waals surface area contributed by atoms with Gasteiger partial charge in [0.2, 0.25) is 0 Å². The Bertz CT molecular complexity index is 1540. The molecule has 1 aliphatic rings. The van der Waals surface area contributed by atoms with Crippen molar-refractivity contribution in [3.05, 3.63) is 76.3 Å². The number of aromatic hydroxyl groups is 1. The summed E-state index contributed by atoms with van der Waals surface area (Å²) in [5.41, 5.74) is -0.357. The monoisotopic (exact) mass is 591 g/mol. The lowest BCUT2D eigenvalue weighted by Gasteiger charge is -2.35. The summed E-state index contributed by atoms with van der Waals surface area (Å²) in [5, 5.41) is 13.8. The highest BCUT2D eigenvalue weighted by atomic mass is 35.5. The summed E-state index contributed by atoms with van der Waals surface area (Å²) in [6, 6.07) is 13.1. The maximum absolute atomic E-state index is 13.6. The van der Waals surface area contributed by atoms with Crippen molar-refractivity contribution in [1.29, 1.82) is 0 Å². The molecule has 0 bridgehead atoms. The zero-order chi connectivity index (χ0) is 28.6. The lowest BCUT2D eigenvalue weighted by Crippen LogP contribution is -2.44. The third kappa shape index (κ3) is 6.33. The van der Waals surface area contributed by atoms with Crippen molar-refractivity contribution in [2.24, 2.45) is 0 Å². The summed E-state index contributed by atoms with van der Waals surface area (Å²) >= 11 is 7.15. The molecule has 1 fully saturated rings. The van der Waals surface area contributed by atoms with Crippen LogP contribution >= 0.6 is 22.9 Å². The van der Waals surface area contributed by atoms with E-state index in [4.69, 9.17) is 21.1 Å². The van der Waals surface area contributed by atoms with Gasteiger partial charge >= 0.3 is 6.18 Å². The van der Waals surface area contributed by atoms with Crippen LogP contribution in [-0.4, -0.2) is 46.2 Å². The number of anilines is 1. The highest BCUT2D eigenvalue weighted by Crippen LogP contribution is 2.41. The van der Waals surface area contributed by atoms with E-state index in [1.54, 1.807) is 36.4 Å². The van der Waals surface area contributed by atoms with E-state index in [1.165, 1.54) is 6.07 Å². The summed E-state index contributed by atoms with van der Waals surface area (Å²) in [7, 11) is 0. The molecule has 3 aromatic carbocycles. The van der Waals surface area contributed by atoms with E-state index in [0.717, 1.165) is 23.5 Å². The molecule has 7 nitrogen and oxygen atoms in total. The van der Waals surface area contributed by atoms with E-state index < -0.39 is 17.6 Å². The van der Waals surface area contributed by atoms with Gasteiger partial charge in [-0.25, -0.2) is 4.98 Å². The van der Waals surface area contributed by atoms with Crippen LogP contribution in [0.5, 0.6) is 17.2 Å². The number of phenols is 1. The van der Waals surface area contributed by atoms with Crippen LogP contribution in [0.1, 0.15) is 35.3 Å². The number of hydrogen-bond donors (Lipinski definition) is 2. The lowest BCUT2D eigenvalue weighted by atomic mass is 10.1. The molecule has 1 unspecified atom stereocenters. The van der Waals surface area contributed by atoms with Crippen molar-refractivity contribution in [3.63, 3.8) is 0 Å². The number of aromatic nitrogens is 1. The van der Waals surface area contributed by atoms with Crippen molar-refractivity contribution in [2.45, 2.75) is 38.8 Å². The third-order valence-corrected chi connectivity index (χ3v) is 7.40. The zero-order valence-corrected chi connectivity index (χ0v) is 23.0. The van der Waals surface area contributed by atoms with Crippen LogP contribution in [0.25, 0.3) is 10.2 Å². The number of alkyl halides is 3. The molecule has 40 heavy (non-hydrogen) atoms. The van der Waals surface area contributed by atoms with Crippen molar-refractivity contribution in [2.75, 3.05) is 18.4 Å². The van der Waals surface area contributed by atoms with Gasteiger partial charge in [0.25, 0.3) is 5.91 Å². The molecular weight excluding hydrogens is 567 g/mol. The van der Waals surface area contributed by atoms with Gasteiger partial charge in [-0.05, 0) is 50.2 Å². The molecule has 2 heterocycles. The van der Waals surface area contributed by atoms with Crippen molar-refractivity contribution in [3.8, 4) is 17.2 Å². The maximum atomic E-state index is 13.6. The number of rotatable bonds is 6.